The maximum atomic E-state index is 12.3. The minimum absolute atomic E-state index is 0.0139. The number of rotatable bonds is 5. The van der Waals surface area contributed by atoms with Crippen molar-refractivity contribution < 1.29 is 9.53 Å². The van der Waals surface area contributed by atoms with E-state index >= 15 is 0 Å². The van der Waals surface area contributed by atoms with Gasteiger partial charge in [0.1, 0.15) is 24.0 Å². The molecule has 0 heterocycles. The summed E-state index contributed by atoms with van der Waals surface area (Å²) in [5.74, 6) is 2.47. The van der Waals surface area contributed by atoms with Crippen molar-refractivity contribution in [2.45, 2.75) is 0 Å². The SMILES string of the molecule is C#CCOc1c(Br)cc(/C=C(/C#N)C(=O)Nc2ccccc2)cc1Br. The van der Waals surface area contributed by atoms with Crippen molar-refractivity contribution in [2.75, 3.05) is 11.9 Å². The predicted octanol–water partition coefficient (Wildman–Crippen LogP) is 4.77. The van der Waals surface area contributed by atoms with E-state index in [0.717, 1.165) is 0 Å². The van der Waals surface area contributed by atoms with E-state index in [9.17, 15) is 10.1 Å². The molecule has 6 heteroatoms. The number of nitrogens with zero attached hydrogens (tertiary/aromatic N) is 1. The third-order valence-electron chi connectivity index (χ3n) is 3.03. The molecule has 4 nitrogen and oxygen atoms in total. The monoisotopic (exact) mass is 458 g/mol. The molecule has 0 radical (unpaired) electrons. The molecule has 0 fully saturated rings. The molecule has 2 rings (SSSR count). The summed E-state index contributed by atoms with van der Waals surface area (Å²) in [7, 11) is 0. The highest BCUT2D eigenvalue weighted by molar-refractivity contribution is 9.11. The van der Waals surface area contributed by atoms with Crippen LogP contribution in [0.3, 0.4) is 0 Å². The Hall–Kier alpha value is -2.54. The van der Waals surface area contributed by atoms with Gasteiger partial charge >= 0.3 is 0 Å². The number of ether oxygens (including phenoxy) is 1. The van der Waals surface area contributed by atoms with Crippen LogP contribution in [0.15, 0.2) is 57.0 Å². The normalized spacial score (nSPS) is 10.5. The van der Waals surface area contributed by atoms with Crippen LogP contribution in [-0.4, -0.2) is 12.5 Å². The number of terminal acetylenes is 1. The van der Waals surface area contributed by atoms with Crippen LogP contribution in [-0.2, 0) is 4.79 Å². The van der Waals surface area contributed by atoms with Gasteiger partial charge in [-0.3, -0.25) is 4.79 Å². The molecule has 25 heavy (non-hydrogen) atoms. The maximum absolute atomic E-state index is 12.3. The second kappa shape index (κ2) is 9.08. The summed E-state index contributed by atoms with van der Waals surface area (Å²) in [6.45, 7) is 0.134. The van der Waals surface area contributed by atoms with Crippen molar-refractivity contribution in [3.05, 3.63) is 62.5 Å². The van der Waals surface area contributed by atoms with Gasteiger partial charge in [0.15, 0.2) is 0 Å². The van der Waals surface area contributed by atoms with E-state index in [1.807, 2.05) is 12.1 Å². The lowest BCUT2D eigenvalue weighted by molar-refractivity contribution is -0.112. The highest BCUT2D eigenvalue weighted by atomic mass is 79.9. The summed E-state index contributed by atoms with van der Waals surface area (Å²) in [5, 5.41) is 12.0. The van der Waals surface area contributed by atoms with Crippen LogP contribution in [0.2, 0.25) is 0 Å². The third-order valence-corrected chi connectivity index (χ3v) is 4.21. The number of amides is 1. The number of para-hydroxylation sites is 1. The smallest absolute Gasteiger partial charge is 0.266 e. The van der Waals surface area contributed by atoms with E-state index in [0.29, 0.717) is 25.9 Å². The minimum atomic E-state index is -0.478. The largest absolute Gasteiger partial charge is 0.479 e. The number of nitrogens with one attached hydrogen (secondary N) is 1. The van der Waals surface area contributed by atoms with Gasteiger partial charge in [-0.15, -0.1) is 6.42 Å². The van der Waals surface area contributed by atoms with Crippen molar-refractivity contribution in [1.82, 2.24) is 0 Å². The van der Waals surface area contributed by atoms with Gasteiger partial charge in [0.05, 0.1) is 8.95 Å². The molecule has 2 aromatic rings. The molecule has 0 saturated carbocycles. The van der Waals surface area contributed by atoms with E-state index in [4.69, 9.17) is 11.2 Å². The minimum Gasteiger partial charge on any atom is -0.479 e. The molecule has 0 spiro atoms. The summed E-state index contributed by atoms with van der Waals surface area (Å²) in [4.78, 5) is 12.3. The zero-order chi connectivity index (χ0) is 18.2. The van der Waals surface area contributed by atoms with E-state index in [2.05, 4.69) is 43.1 Å². The molecule has 0 aromatic heterocycles. The fourth-order valence-corrected chi connectivity index (χ4v) is 3.40. The second-order valence-corrected chi connectivity index (χ2v) is 6.51. The zero-order valence-electron chi connectivity index (χ0n) is 12.9. The van der Waals surface area contributed by atoms with Gasteiger partial charge in [0, 0.05) is 5.69 Å². The van der Waals surface area contributed by atoms with Gasteiger partial charge in [0.25, 0.3) is 5.91 Å². The maximum Gasteiger partial charge on any atom is 0.266 e. The number of anilines is 1. The van der Waals surface area contributed by atoms with Crippen LogP contribution in [0.1, 0.15) is 5.56 Å². The Morgan fingerprint density at radius 1 is 1.24 bits per heavy atom. The number of benzene rings is 2. The van der Waals surface area contributed by atoms with Crippen LogP contribution >= 0.6 is 31.9 Å². The molecule has 0 aliphatic heterocycles. The quantitative estimate of drug-likeness (QED) is 0.398. The highest BCUT2D eigenvalue weighted by Gasteiger charge is 2.12. The number of carbonyl (C=O) groups excluding carboxylic acids is 1. The Bertz CT molecular complexity index is 871. The van der Waals surface area contributed by atoms with Crippen LogP contribution in [0.25, 0.3) is 6.08 Å². The van der Waals surface area contributed by atoms with Gasteiger partial charge in [-0.1, -0.05) is 24.1 Å². The molecule has 0 aliphatic carbocycles. The predicted molar refractivity (Wildman–Crippen MR) is 105 cm³/mol. The molecule has 2 aromatic carbocycles. The van der Waals surface area contributed by atoms with Crippen molar-refractivity contribution in [1.29, 1.82) is 5.26 Å². The molecule has 0 aliphatic rings. The summed E-state index contributed by atoms with van der Waals surface area (Å²) in [6.07, 6.45) is 6.69. The lowest BCUT2D eigenvalue weighted by Crippen LogP contribution is -2.13. The lowest BCUT2D eigenvalue weighted by Gasteiger charge is -2.09. The van der Waals surface area contributed by atoms with Crippen LogP contribution < -0.4 is 10.1 Å². The average Bonchev–Trinajstić information content (AvgIpc) is 2.59. The van der Waals surface area contributed by atoms with E-state index in [1.54, 1.807) is 36.4 Å². The summed E-state index contributed by atoms with van der Waals surface area (Å²) >= 11 is 6.79. The number of halogens is 2. The van der Waals surface area contributed by atoms with Crippen LogP contribution in [0.4, 0.5) is 5.69 Å². The fraction of sp³-hybridized carbons (Fsp3) is 0.0526. The van der Waals surface area contributed by atoms with Crippen molar-refractivity contribution in [3.8, 4) is 24.2 Å². The molecule has 0 saturated heterocycles. The van der Waals surface area contributed by atoms with Gasteiger partial charge in [-0.25, -0.2) is 0 Å². The van der Waals surface area contributed by atoms with Crippen molar-refractivity contribution in [2.24, 2.45) is 0 Å². The summed E-state index contributed by atoms with van der Waals surface area (Å²) < 4.78 is 6.75. The van der Waals surface area contributed by atoms with Gasteiger partial charge in [-0.05, 0) is 67.8 Å². The van der Waals surface area contributed by atoms with E-state index < -0.39 is 5.91 Å². The van der Waals surface area contributed by atoms with Crippen LogP contribution in [0, 0.1) is 23.7 Å². The molecule has 1 N–H and O–H groups in total. The number of carbonyl (C=O) groups is 1. The van der Waals surface area contributed by atoms with E-state index in [1.165, 1.54) is 6.08 Å². The Labute approximate surface area is 162 Å². The molecule has 0 atom stereocenters. The molecule has 0 unspecified atom stereocenters. The van der Waals surface area contributed by atoms with E-state index in [-0.39, 0.29) is 12.2 Å². The average molecular weight is 460 g/mol. The Kier molecular flexibility index (Phi) is 6.82. The van der Waals surface area contributed by atoms with Gasteiger partial charge < -0.3 is 10.1 Å². The summed E-state index contributed by atoms with van der Waals surface area (Å²) in [5.41, 5.74) is 1.26. The Morgan fingerprint density at radius 3 is 2.44 bits per heavy atom. The zero-order valence-corrected chi connectivity index (χ0v) is 16.1. The number of hydrogen-bond donors (Lipinski definition) is 1. The molecule has 0 bridgehead atoms. The lowest BCUT2D eigenvalue weighted by atomic mass is 10.1. The van der Waals surface area contributed by atoms with Gasteiger partial charge in [-0.2, -0.15) is 5.26 Å². The first-order chi connectivity index (χ1) is 12.0. The standard InChI is InChI=1S/C19H12Br2N2O2/c1-2-8-25-18-16(20)10-13(11-17(18)21)9-14(12-22)19(24)23-15-6-4-3-5-7-15/h1,3-7,9-11H,8H2,(H,23,24)/b14-9-. The Morgan fingerprint density at radius 2 is 1.88 bits per heavy atom. The first-order valence-electron chi connectivity index (χ1n) is 7.08. The first-order valence-corrected chi connectivity index (χ1v) is 8.67. The molecule has 1 amide bonds. The third kappa shape index (κ3) is 5.22. The highest BCUT2D eigenvalue weighted by Crippen LogP contribution is 2.35. The summed E-state index contributed by atoms with van der Waals surface area (Å²) in [6, 6.07) is 14.3. The van der Waals surface area contributed by atoms with Crippen LogP contribution in [0.5, 0.6) is 5.75 Å². The topological polar surface area (TPSA) is 62.1 Å². The Balaban J connectivity index is 2.26. The first kappa shape index (κ1) is 18.8. The van der Waals surface area contributed by atoms with Crippen molar-refractivity contribution in [3.63, 3.8) is 0 Å². The molecule has 124 valence electrons. The molecular weight excluding hydrogens is 448 g/mol. The number of nitriles is 1. The van der Waals surface area contributed by atoms with Crippen molar-refractivity contribution >= 4 is 49.5 Å². The number of hydrogen-bond acceptors (Lipinski definition) is 3. The molecular formula is C19H12Br2N2O2. The van der Waals surface area contributed by atoms with Gasteiger partial charge in [0.2, 0.25) is 0 Å². The fourth-order valence-electron chi connectivity index (χ4n) is 1.95. The second-order valence-electron chi connectivity index (χ2n) is 4.80.